The highest BCUT2D eigenvalue weighted by Crippen LogP contribution is 2.23. The van der Waals surface area contributed by atoms with Gasteiger partial charge in [-0.3, -0.25) is 4.79 Å². The van der Waals surface area contributed by atoms with Gasteiger partial charge in [-0.2, -0.15) is 5.26 Å². The first-order chi connectivity index (χ1) is 9.17. The SMILES string of the molecule is CCC(N)Cn1c(-c2cccs2)ccc(C#N)c1=O. The number of nitrogens with zero attached hydrogens (tertiary/aromatic N) is 2. The fourth-order valence-electron chi connectivity index (χ4n) is 1.85. The highest BCUT2D eigenvalue weighted by atomic mass is 32.1. The van der Waals surface area contributed by atoms with Gasteiger partial charge in [0.2, 0.25) is 0 Å². The van der Waals surface area contributed by atoms with Gasteiger partial charge in [-0.15, -0.1) is 11.3 Å². The van der Waals surface area contributed by atoms with Crippen molar-refractivity contribution in [2.24, 2.45) is 5.73 Å². The van der Waals surface area contributed by atoms with Crippen molar-refractivity contribution in [1.82, 2.24) is 4.57 Å². The highest BCUT2D eigenvalue weighted by molar-refractivity contribution is 7.13. The zero-order valence-corrected chi connectivity index (χ0v) is 11.5. The van der Waals surface area contributed by atoms with E-state index >= 15 is 0 Å². The molecule has 0 aromatic carbocycles. The normalized spacial score (nSPS) is 12.1. The van der Waals surface area contributed by atoms with Crippen molar-refractivity contribution < 1.29 is 0 Å². The van der Waals surface area contributed by atoms with E-state index in [4.69, 9.17) is 11.0 Å². The number of nitrogens with two attached hydrogens (primary N) is 1. The third kappa shape index (κ3) is 2.75. The summed E-state index contributed by atoms with van der Waals surface area (Å²) in [6.07, 6.45) is 0.785. The second-order valence-corrected chi connectivity index (χ2v) is 5.25. The van der Waals surface area contributed by atoms with Crippen LogP contribution in [0, 0.1) is 11.3 Å². The van der Waals surface area contributed by atoms with Gasteiger partial charge in [0.25, 0.3) is 5.56 Å². The first-order valence-corrected chi connectivity index (χ1v) is 6.98. The number of hydrogen-bond acceptors (Lipinski definition) is 4. The highest BCUT2D eigenvalue weighted by Gasteiger charge is 2.13. The van der Waals surface area contributed by atoms with Gasteiger partial charge in [-0.25, -0.2) is 0 Å². The molecule has 5 heteroatoms. The van der Waals surface area contributed by atoms with Crippen molar-refractivity contribution in [2.45, 2.75) is 25.9 Å². The molecule has 2 N–H and O–H groups in total. The number of nitriles is 1. The fourth-order valence-corrected chi connectivity index (χ4v) is 2.61. The van der Waals surface area contributed by atoms with Crippen molar-refractivity contribution in [3.63, 3.8) is 0 Å². The van der Waals surface area contributed by atoms with Crippen LogP contribution in [0.5, 0.6) is 0 Å². The Labute approximate surface area is 115 Å². The zero-order valence-electron chi connectivity index (χ0n) is 10.7. The van der Waals surface area contributed by atoms with Crippen molar-refractivity contribution in [3.05, 3.63) is 45.6 Å². The topological polar surface area (TPSA) is 71.8 Å². The molecule has 0 aliphatic heterocycles. The van der Waals surface area contributed by atoms with Gasteiger partial charge in [-0.1, -0.05) is 13.0 Å². The van der Waals surface area contributed by atoms with Crippen LogP contribution < -0.4 is 11.3 Å². The molecule has 0 saturated heterocycles. The number of thiophene rings is 1. The summed E-state index contributed by atoms with van der Waals surface area (Å²) < 4.78 is 1.61. The van der Waals surface area contributed by atoms with Crippen LogP contribution in [0.25, 0.3) is 10.6 Å². The zero-order chi connectivity index (χ0) is 13.8. The summed E-state index contributed by atoms with van der Waals surface area (Å²) in [7, 11) is 0. The van der Waals surface area contributed by atoms with Gasteiger partial charge in [-0.05, 0) is 30.0 Å². The summed E-state index contributed by atoms with van der Waals surface area (Å²) in [4.78, 5) is 13.3. The molecule has 1 atom stereocenters. The molecule has 98 valence electrons. The Hall–Kier alpha value is -1.90. The second-order valence-electron chi connectivity index (χ2n) is 4.31. The minimum absolute atomic E-state index is 0.0923. The molecule has 0 aliphatic rings. The van der Waals surface area contributed by atoms with Crippen LogP contribution in [0.4, 0.5) is 0 Å². The molecule has 0 fully saturated rings. The van der Waals surface area contributed by atoms with Gasteiger partial charge in [0.1, 0.15) is 11.6 Å². The molecule has 19 heavy (non-hydrogen) atoms. The molecule has 0 spiro atoms. The number of aromatic nitrogens is 1. The first-order valence-electron chi connectivity index (χ1n) is 6.10. The Kier molecular flexibility index (Phi) is 4.15. The molecule has 0 amide bonds. The molecule has 1 unspecified atom stereocenters. The molecule has 0 bridgehead atoms. The van der Waals surface area contributed by atoms with E-state index in [9.17, 15) is 4.79 Å². The Morgan fingerprint density at radius 2 is 2.26 bits per heavy atom. The summed E-state index contributed by atoms with van der Waals surface area (Å²) in [5.74, 6) is 0. The van der Waals surface area contributed by atoms with Gasteiger partial charge < -0.3 is 10.3 Å². The van der Waals surface area contributed by atoms with Crippen LogP contribution in [0.1, 0.15) is 18.9 Å². The quantitative estimate of drug-likeness (QED) is 0.928. The van der Waals surface area contributed by atoms with Crippen LogP contribution in [0.2, 0.25) is 0 Å². The minimum atomic E-state index is -0.266. The maximum atomic E-state index is 12.3. The number of rotatable bonds is 4. The molecule has 0 aliphatic carbocycles. The van der Waals surface area contributed by atoms with Crippen molar-refractivity contribution in [1.29, 1.82) is 5.26 Å². The molecule has 4 nitrogen and oxygen atoms in total. The van der Waals surface area contributed by atoms with E-state index in [1.54, 1.807) is 22.0 Å². The summed E-state index contributed by atoms with van der Waals surface area (Å²) in [6.45, 7) is 2.41. The van der Waals surface area contributed by atoms with E-state index in [1.807, 2.05) is 36.6 Å². The predicted octanol–water partition coefficient (Wildman–Crippen LogP) is 2.19. The first kappa shape index (κ1) is 13.5. The molecule has 2 heterocycles. The third-order valence-corrected chi connectivity index (χ3v) is 3.90. The largest absolute Gasteiger partial charge is 0.326 e. The molecular formula is C14H15N3OS. The van der Waals surface area contributed by atoms with E-state index in [2.05, 4.69) is 0 Å². The average Bonchev–Trinajstić information content (AvgIpc) is 2.94. The van der Waals surface area contributed by atoms with E-state index in [0.717, 1.165) is 17.0 Å². The van der Waals surface area contributed by atoms with Crippen LogP contribution in [0.15, 0.2) is 34.4 Å². The van der Waals surface area contributed by atoms with Crippen LogP contribution in [-0.4, -0.2) is 10.6 Å². The Morgan fingerprint density at radius 1 is 1.47 bits per heavy atom. The predicted molar refractivity (Wildman–Crippen MR) is 77.0 cm³/mol. The lowest BCUT2D eigenvalue weighted by Crippen LogP contribution is -2.33. The Morgan fingerprint density at radius 3 is 2.84 bits per heavy atom. The molecule has 2 aromatic rings. The molecular weight excluding hydrogens is 258 g/mol. The smallest absolute Gasteiger partial charge is 0.269 e. The lowest BCUT2D eigenvalue weighted by atomic mass is 10.2. The Balaban J connectivity index is 2.58. The summed E-state index contributed by atoms with van der Waals surface area (Å²) >= 11 is 1.56. The lowest BCUT2D eigenvalue weighted by Gasteiger charge is -2.15. The van der Waals surface area contributed by atoms with Crippen molar-refractivity contribution in [3.8, 4) is 16.6 Å². The van der Waals surface area contributed by atoms with Crippen LogP contribution in [-0.2, 0) is 6.54 Å². The van der Waals surface area contributed by atoms with E-state index in [0.29, 0.717) is 6.54 Å². The number of pyridine rings is 1. The van der Waals surface area contributed by atoms with E-state index < -0.39 is 0 Å². The molecule has 0 radical (unpaired) electrons. The standard InChI is InChI=1S/C14H15N3OS/c1-2-11(16)9-17-12(13-4-3-7-19-13)6-5-10(8-15)14(17)18/h3-7,11H,2,9,16H2,1H3. The maximum Gasteiger partial charge on any atom is 0.269 e. The third-order valence-electron chi connectivity index (χ3n) is 3.01. The van der Waals surface area contributed by atoms with Gasteiger partial charge in [0.15, 0.2) is 0 Å². The van der Waals surface area contributed by atoms with E-state index in [1.165, 1.54) is 0 Å². The maximum absolute atomic E-state index is 12.3. The average molecular weight is 273 g/mol. The van der Waals surface area contributed by atoms with Crippen LogP contribution in [0.3, 0.4) is 0 Å². The molecule has 2 rings (SSSR count). The summed E-state index contributed by atoms with van der Waals surface area (Å²) in [5, 5.41) is 10.9. The van der Waals surface area contributed by atoms with Gasteiger partial charge in [0.05, 0.1) is 10.6 Å². The van der Waals surface area contributed by atoms with Gasteiger partial charge in [0, 0.05) is 12.6 Å². The van der Waals surface area contributed by atoms with Crippen molar-refractivity contribution >= 4 is 11.3 Å². The van der Waals surface area contributed by atoms with E-state index in [-0.39, 0.29) is 17.2 Å². The lowest BCUT2D eigenvalue weighted by molar-refractivity contribution is 0.531. The molecule has 0 saturated carbocycles. The minimum Gasteiger partial charge on any atom is -0.326 e. The van der Waals surface area contributed by atoms with Crippen LogP contribution >= 0.6 is 11.3 Å². The van der Waals surface area contributed by atoms with Gasteiger partial charge >= 0.3 is 0 Å². The Bertz CT molecular complexity index is 652. The summed E-state index contributed by atoms with van der Waals surface area (Å²) in [5.41, 5.74) is 6.66. The van der Waals surface area contributed by atoms with Crippen molar-refractivity contribution in [2.75, 3.05) is 0 Å². The summed E-state index contributed by atoms with van der Waals surface area (Å²) in [6, 6.07) is 9.12. The molecule has 2 aromatic heterocycles. The monoisotopic (exact) mass is 273 g/mol. The second kappa shape index (κ2) is 5.83. The fraction of sp³-hybridized carbons (Fsp3) is 0.286. The number of hydrogen-bond donors (Lipinski definition) is 1.